The number of carbonyl (C=O) groups is 1. The van der Waals surface area contributed by atoms with Crippen molar-refractivity contribution in [1.82, 2.24) is 0 Å². The van der Waals surface area contributed by atoms with Gasteiger partial charge in [-0.2, -0.15) is 0 Å². The van der Waals surface area contributed by atoms with Gasteiger partial charge in [-0.25, -0.2) is 0 Å². The molecular weight excluding hydrogens is 228 g/mol. The van der Waals surface area contributed by atoms with Crippen molar-refractivity contribution in [2.45, 2.75) is 31.8 Å². The summed E-state index contributed by atoms with van der Waals surface area (Å²) in [5.41, 5.74) is 0.610. The Labute approximate surface area is 107 Å². The molecule has 0 aliphatic heterocycles. The third kappa shape index (κ3) is 1.98. The van der Waals surface area contributed by atoms with Crippen molar-refractivity contribution < 1.29 is 14.3 Å². The highest BCUT2D eigenvalue weighted by molar-refractivity contribution is 5.79. The van der Waals surface area contributed by atoms with E-state index in [1.165, 1.54) is 19.3 Å². The van der Waals surface area contributed by atoms with Crippen molar-refractivity contribution in [2.24, 2.45) is 11.8 Å². The van der Waals surface area contributed by atoms with Crippen LogP contribution in [0.1, 0.15) is 36.0 Å². The molecule has 3 nitrogen and oxygen atoms in total. The number of aldehydes is 1. The number of rotatable bonds is 4. The summed E-state index contributed by atoms with van der Waals surface area (Å²) in [5.74, 6) is 2.92. The van der Waals surface area contributed by atoms with Crippen LogP contribution in [0.5, 0.6) is 11.5 Å². The van der Waals surface area contributed by atoms with E-state index in [1.807, 2.05) is 6.07 Å². The Bertz CT molecular complexity index is 455. The van der Waals surface area contributed by atoms with Crippen molar-refractivity contribution in [1.29, 1.82) is 0 Å². The molecule has 3 unspecified atom stereocenters. The van der Waals surface area contributed by atoms with E-state index < -0.39 is 0 Å². The van der Waals surface area contributed by atoms with Crippen molar-refractivity contribution >= 4 is 6.29 Å². The average Bonchev–Trinajstić information content (AvgIpc) is 3.01. The Balaban J connectivity index is 1.80. The van der Waals surface area contributed by atoms with Crippen LogP contribution < -0.4 is 9.47 Å². The molecule has 2 saturated carbocycles. The molecule has 2 bridgehead atoms. The van der Waals surface area contributed by atoms with Gasteiger partial charge in [-0.15, -0.1) is 0 Å². The first-order chi connectivity index (χ1) is 8.80. The summed E-state index contributed by atoms with van der Waals surface area (Å²) in [6.07, 6.45) is 6.20. The summed E-state index contributed by atoms with van der Waals surface area (Å²) >= 11 is 0. The molecule has 0 radical (unpaired) electrons. The largest absolute Gasteiger partial charge is 0.497 e. The molecule has 0 amide bonds. The van der Waals surface area contributed by atoms with E-state index in [0.717, 1.165) is 24.4 Å². The SMILES string of the molecule is COc1ccc(C=O)c(OC2CC3CCC2C3)c1. The van der Waals surface area contributed by atoms with E-state index in [2.05, 4.69) is 0 Å². The maximum atomic E-state index is 11.0. The van der Waals surface area contributed by atoms with Gasteiger partial charge in [-0.1, -0.05) is 0 Å². The van der Waals surface area contributed by atoms with Crippen LogP contribution in [-0.4, -0.2) is 19.5 Å². The molecule has 0 N–H and O–H groups in total. The summed E-state index contributed by atoms with van der Waals surface area (Å²) in [6.45, 7) is 0. The fourth-order valence-electron chi connectivity index (χ4n) is 3.33. The monoisotopic (exact) mass is 246 g/mol. The summed E-state index contributed by atoms with van der Waals surface area (Å²) in [4.78, 5) is 11.0. The van der Waals surface area contributed by atoms with Crippen LogP contribution in [0.2, 0.25) is 0 Å². The van der Waals surface area contributed by atoms with Crippen molar-refractivity contribution in [3.05, 3.63) is 23.8 Å². The highest BCUT2D eigenvalue weighted by atomic mass is 16.5. The molecule has 2 aliphatic carbocycles. The van der Waals surface area contributed by atoms with Crippen LogP contribution in [0, 0.1) is 11.8 Å². The van der Waals surface area contributed by atoms with Gasteiger partial charge in [0.25, 0.3) is 0 Å². The number of fused-ring (bicyclic) bond motifs is 2. The van der Waals surface area contributed by atoms with E-state index in [9.17, 15) is 4.79 Å². The third-order valence-corrected chi connectivity index (χ3v) is 4.30. The van der Waals surface area contributed by atoms with E-state index in [4.69, 9.17) is 9.47 Å². The molecule has 2 fully saturated rings. The smallest absolute Gasteiger partial charge is 0.153 e. The summed E-state index contributed by atoms with van der Waals surface area (Å²) in [7, 11) is 1.62. The highest BCUT2D eigenvalue weighted by Crippen LogP contribution is 2.46. The van der Waals surface area contributed by atoms with Gasteiger partial charge >= 0.3 is 0 Å². The van der Waals surface area contributed by atoms with E-state index in [1.54, 1.807) is 19.2 Å². The lowest BCUT2D eigenvalue weighted by Crippen LogP contribution is -2.23. The Morgan fingerprint density at radius 3 is 2.78 bits per heavy atom. The van der Waals surface area contributed by atoms with E-state index in [-0.39, 0.29) is 6.10 Å². The van der Waals surface area contributed by atoms with Crippen LogP contribution in [0.3, 0.4) is 0 Å². The van der Waals surface area contributed by atoms with Gasteiger partial charge in [0.05, 0.1) is 12.7 Å². The number of methoxy groups -OCH3 is 1. The number of carbonyl (C=O) groups excluding carboxylic acids is 1. The molecule has 3 rings (SSSR count). The second kappa shape index (κ2) is 4.63. The van der Waals surface area contributed by atoms with Gasteiger partial charge in [-0.05, 0) is 49.7 Å². The molecule has 3 atom stereocenters. The zero-order valence-corrected chi connectivity index (χ0v) is 10.6. The fraction of sp³-hybridized carbons (Fsp3) is 0.533. The topological polar surface area (TPSA) is 35.5 Å². The molecule has 0 spiro atoms. The van der Waals surface area contributed by atoms with Gasteiger partial charge in [0.2, 0.25) is 0 Å². The summed E-state index contributed by atoms with van der Waals surface area (Å²) in [5, 5.41) is 0. The zero-order valence-electron chi connectivity index (χ0n) is 10.6. The van der Waals surface area contributed by atoms with Crippen LogP contribution >= 0.6 is 0 Å². The lowest BCUT2D eigenvalue weighted by atomic mass is 9.97. The quantitative estimate of drug-likeness (QED) is 0.766. The lowest BCUT2D eigenvalue weighted by Gasteiger charge is -2.24. The molecule has 18 heavy (non-hydrogen) atoms. The zero-order chi connectivity index (χ0) is 12.5. The summed E-state index contributed by atoms with van der Waals surface area (Å²) < 4.78 is 11.2. The predicted octanol–water partition coefficient (Wildman–Crippen LogP) is 3.08. The van der Waals surface area contributed by atoms with Crippen LogP contribution in [-0.2, 0) is 0 Å². The maximum absolute atomic E-state index is 11.0. The normalized spacial score (nSPS) is 29.3. The first kappa shape index (κ1) is 11.6. The van der Waals surface area contributed by atoms with Crippen molar-refractivity contribution in [3.63, 3.8) is 0 Å². The number of benzene rings is 1. The van der Waals surface area contributed by atoms with Gasteiger partial charge in [-0.3, -0.25) is 4.79 Å². The minimum atomic E-state index is 0.287. The minimum Gasteiger partial charge on any atom is -0.497 e. The number of hydrogen-bond acceptors (Lipinski definition) is 3. The van der Waals surface area contributed by atoms with Gasteiger partial charge in [0.15, 0.2) is 6.29 Å². The molecule has 96 valence electrons. The first-order valence-electron chi connectivity index (χ1n) is 6.60. The third-order valence-electron chi connectivity index (χ3n) is 4.30. The van der Waals surface area contributed by atoms with Crippen LogP contribution in [0.15, 0.2) is 18.2 Å². The molecule has 0 heterocycles. The highest BCUT2D eigenvalue weighted by Gasteiger charge is 2.41. The van der Waals surface area contributed by atoms with Gasteiger partial charge in [0.1, 0.15) is 17.6 Å². The maximum Gasteiger partial charge on any atom is 0.153 e. The standard InChI is InChI=1S/C15H18O3/c1-17-13-5-4-12(9-16)15(8-13)18-14-7-10-2-3-11(14)6-10/h4-5,8-11,14H,2-3,6-7H2,1H3. The molecule has 3 heteroatoms. The van der Waals surface area contributed by atoms with E-state index >= 15 is 0 Å². The predicted molar refractivity (Wildman–Crippen MR) is 68.2 cm³/mol. The Kier molecular flexibility index (Phi) is 2.98. The van der Waals surface area contributed by atoms with Crippen molar-refractivity contribution in [2.75, 3.05) is 7.11 Å². The molecule has 1 aromatic rings. The summed E-state index contributed by atoms with van der Waals surface area (Å²) in [6, 6.07) is 5.36. The molecular formula is C15H18O3. The van der Waals surface area contributed by atoms with Gasteiger partial charge in [0, 0.05) is 6.07 Å². The first-order valence-corrected chi connectivity index (χ1v) is 6.60. The van der Waals surface area contributed by atoms with E-state index in [0.29, 0.717) is 17.2 Å². The molecule has 0 saturated heterocycles. The second-order valence-corrected chi connectivity index (χ2v) is 5.35. The number of hydrogen-bond donors (Lipinski definition) is 0. The fourth-order valence-corrected chi connectivity index (χ4v) is 3.33. The molecule has 0 aromatic heterocycles. The Morgan fingerprint density at radius 2 is 2.17 bits per heavy atom. The van der Waals surface area contributed by atoms with Crippen molar-refractivity contribution in [3.8, 4) is 11.5 Å². The van der Waals surface area contributed by atoms with Crippen LogP contribution in [0.25, 0.3) is 0 Å². The lowest BCUT2D eigenvalue weighted by molar-refractivity contribution is 0.110. The number of ether oxygens (including phenoxy) is 2. The molecule has 1 aromatic carbocycles. The average molecular weight is 246 g/mol. The van der Waals surface area contributed by atoms with Gasteiger partial charge < -0.3 is 9.47 Å². The second-order valence-electron chi connectivity index (χ2n) is 5.35. The minimum absolute atomic E-state index is 0.287. The molecule has 2 aliphatic rings. The Hall–Kier alpha value is -1.51. The Morgan fingerprint density at radius 1 is 1.28 bits per heavy atom. The van der Waals surface area contributed by atoms with Crippen LogP contribution in [0.4, 0.5) is 0 Å².